The minimum atomic E-state index is -0.00654. The monoisotopic (exact) mass is 230 g/mol. The van der Waals surface area contributed by atoms with Gasteiger partial charge in [-0.25, -0.2) is 0 Å². The molecule has 0 aliphatic carbocycles. The van der Waals surface area contributed by atoms with Crippen molar-refractivity contribution in [2.45, 2.75) is 4.90 Å². The number of aliphatic hydroxyl groups is 1. The fraction of sp³-hybridized carbons (Fsp3) is 0.222. The Bertz CT molecular complexity index is 344. The van der Waals surface area contributed by atoms with Crippen LogP contribution in [-0.4, -0.2) is 23.3 Å². The topological polar surface area (TPSA) is 70.1 Å². The number of rotatable bonds is 4. The molecule has 1 rings (SSSR count). The number of thioether (sulfide) groups is 1. The third-order valence-corrected chi connectivity index (χ3v) is 2.87. The summed E-state index contributed by atoms with van der Waals surface area (Å²) in [4.78, 5) is 0.871. The summed E-state index contributed by atoms with van der Waals surface area (Å²) in [5.41, 5.74) is 6.03. The van der Waals surface area contributed by atoms with E-state index < -0.39 is 0 Å². The molecule has 0 fully saturated rings. The summed E-state index contributed by atoms with van der Waals surface area (Å²) in [6, 6.07) is 5.21. The molecule has 76 valence electrons. The summed E-state index contributed by atoms with van der Waals surface area (Å²) in [6.45, 7) is 0.102. The van der Waals surface area contributed by atoms with E-state index in [1.54, 1.807) is 18.2 Å². The molecule has 0 spiro atoms. The predicted octanol–water partition coefficient (Wildman–Crippen LogP) is 1.71. The molecular formula is C9H11ClN2OS. The zero-order valence-electron chi connectivity index (χ0n) is 7.46. The largest absolute Gasteiger partial charge is 0.396 e. The van der Waals surface area contributed by atoms with Crippen LogP contribution in [0.4, 0.5) is 0 Å². The molecule has 0 aliphatic rings. The van der Waals surface area contributed by atoms with Crippen LogP contribution in [0.25, 0.3) is 0 Å². The van der Waals surface area contributed by atoms with Crippen LogP contribution in [0.1, 0.15) is 5.56 Å². The van der Waals surface area contributed by atoms with Gasteiger partial charge in [0.05, 0.1) is 6.61 Å². The summed E-state index contributed by atoms with van der Waals surface area (Å²) in [6.07, 6.45) is 0. The Labute approximate surface area is 91.8 Å². The smallest absolute Gasteiger partial charge is 0.123 e. The van der Waals surface area contributed by atoms with Gasteiger partial charge in [-0.1, -0.05) is 11.6 Å². The van der Waals surface area contributed by atoms with Gasteiger partial charge in [-0.05, 0) is 18.2 Å². The maximum Gasteiger partial charge on any atom is 0.123 e. The van der Waals surface area contributed by atoms with Crippen molar-refractivity contribution >= 4 is 29.2 Å². The molecule has 0 aromatic heterocycles. The fourth-order valence-corrected chi connectivity index (χ4v) is 1.97. The second-order valence-corrected chi connectivity index (χ2v) is 4.20. The second-order valence-electron chi connectivity index (χ2n) is 2.63. The van der Waals surface area contributed by atoms with Gasteiger partial charge in [0, 0.05) is 21.2 Å². The Morgan fingerprint density at radius 3 is 2.86 bits per heavy atom. The van der Waals surface area contributed by atoms with Gasteiger partial charge in [0.25, 0.3) is 0 Å². The molecule has 5 heteroatoms. The first-order chi connectivity index (χ1) is 6.65. The molecule has 4 N–H and O–H groups in total. The summed E-state index contributed by atoms with van der Waals surface area (Å²) in [5.74, 6) is 0.579. The molecule has 1 aromatic carbocycles. The molecule has 0 bridgehead atoms. The van der Waals surface area contributed by atoms with E-state index in [0.717, 1.165) is 4.90 Å². The standard InChI is InChI=1S/C9H11ClN2OS/c10-6-1-2-8(14-4-3-13)7(5-6)9(11)12/h1-2,5,13H,3-4H2,(H3,11,12). The summed E-state index contributed by atoms with van der Waals surface area (Å²) in [7, 11) is 0. The first kappa shape index (κ1) is 11.4. The van der Waals surface area contributed by atoms with Gasteiger partial charge in [-0.15, -0.1) is 11.8 Å². The SMILES string of the molecule is N=C(N)c1cc(Cl)ccc1SCCO. The van der Waals surface area contributed by atoms with Crippen molar-refractivity contribution < 1.29 is 5.11 Å². The Kier molecular flexibility index (Phi) is 4.25. The van der Waals surface area contributed by atoms with Gasteiger partial charge >= 0.3 is 0 Å². The van der Waals surface area contributed by atoms with Crippen molar-refractivity contribution in [1.82, 2.24) is 0 Å². The average Bonchev–Trinajstić information content (AvgIpc) is 2.15. The first-order valence-corrected chi connectivity index (χ1v) is 5.39. The molecule has 3 nitrogen and oxygen atoms in total. The molecule has 14 heavy (non-hydrogen) atoms. The summed E-state index contributed by atoms with van der Waals surface area (Å²) in [5, 5.41) is 16.6. The van der Waals surface area contributed by atoms with Crippen LogP contribution in [0.2, 0.25) is 5.02 Å². The lowest BCUT2D eigenvalue weighted by Gasteiger charge is -2.07. The zero-order valence-corrected chi connectivity index (χ0v) is 9.03. The van der Waals surface area contributed by atoms with Gasteiger partial charge in [0.15, 0.2) is 0 Å². The Morgan fingerprint density at radius 2 is 2.29 bits per heavy atom. The Balaban J connectivity index is 2.96. The number of nitrogens with one attached hydrogen (secondary N) is 1. The van der Waals surface area contributed by atoms with Crippen molar-refractivity contribution in [3.63, 3.8) is 0 Å². The molecule has 0 atom stereocenters. The number of aliphatic hydroxyl groups excluding tert-OH is 1. The van der Waals surface area contributed by atoms with Gasteiger partial charge < -0.3 is 10.8 Å². The number of halogens is 1. The highest BCUT2D eigenvalue weighted by Crippen LogP contribution is 2.25. The van der Waals surface area contributed by atoms with E-state index >= 15 is 0 Å². The van der Waals surface area contributed by atoms with Gasteiger partial charge in [-0.2, -0.15) is 0 Å². The van der Waals surface area contributed by atoms with Gasteiger partial charge in [-0.3, -0.25) is 5.41 Å². The molecule has 0 amide bonds. The predicted molar refractivity (Wildman–Crippen MR) is 60.3 cm³/mol. The van der Waals surface area contributed by atoms with Crippen molar-refractivity contribution in [3.05, 3.63) is 28.8 Å². The van der Waals surface area contributed by atoms with Gasteiger partial charge in [0.1, 0.15) is 5.84 Å². The second kappa shape index (κ2) is 5.24. The quantitative estimate of drug-likeness (QED) is 0.419. The van der Waals surface area contributed by atoms with Crippen LogP contribution in [0, 0.1) is 5.41 Å². The normalized spacial score (nSPS) is 10.1. The highest BCUT2D eigenvalue weighted by atomic mass is 35.5. The van der Waals surface area contributed by atoms with Gasteiger partial charge in [0.2, 0.25) is 0 Å². The Morgan fingerprint density at radius 1 is 1.57 bits per heavy atom. The van der Waals surface area contributed by atoms with Crippen LogP contribution in [0.5, 0.6) is 0 Å². The lowest BCUT2D eigenvalue weighted by atomic mass is 10.2. The maximum absolute atomic E-state index is 8.68. The van der Waals surface area contributed by atoms with E-state index in [1.807, 2.05) is 0 Å². The number of nitrogens with two attached hydrogens (primary N) is 1. The lowest BCUT2D eigenvalue weighted by molar-refractivity contribution is 0.322. The number of hydrogen-bond donors (Lipinski definition) is 3. The first-order valence-electron chi connectivity index (χ1n) is 4.02. The number of nitrogen functional groups attached to an aromatic ring is 1. The number of amidine groups is 1. The van der Waals surface area contributed by atoms with Crippen molar-refractivity contribution in [1.29, 1.82) is 5.41 Å². The van der Waals surface area contributed by atoms with Crippen molar-refractivity contribution in [2.75, 3.05) is 12.4 Å². The van der Waals surface area contributed by atoms with Crippen molar-refractivity contribution in [2.24, 2.45) is 5.73 Å². The summed E-state index contributed by atoms with van der Waals surface area (Å²) >= 11 is 7.24. The molecule has 0 aliphatic heterocycles. The van der Waals surface area contributed by atoms with E-state index in [4.69, 9.17) is 27.9 Å². The molecule has 0 heterocycles. The highest BCUT2D eigenvalue weighted by molar-refractivity contribution is 7.99. The lowest BCUT2D eigenvalue weighted by Crippen LogP contribution is -2.12. The third kappa shape index (κ3) is 2.90. The van der Waals surface area contributed by atoms with Crippen LogP contribution in [0.15, 0.2) is 23.1 Å². The Hall–Kier alpha value is -0.710. The van der Waals surface area contributed by atoms with E-state index in [-0.39, 0.29) is 12.4 Å². The highest BCUT2D eigenvalue weighted by Gasteiger charge is 2.06. The third-order valence-electron chi connectivity index (χ3n) is 1.58. The number of benzene rings is 1. The fourth-order valence-electron chi connectivity index (χ4n) is 0.994. The molecule has 0 unspecified atom stereocenters. The zero-order chi connectivity index (χ0) is 10.6. The van der Waals surface area contributed by atoms with E-state index in [9.17, 15) is 0 Å². The maximum atomic E-state index is 8.68. The minimum Gasteiger partial charge on any atom is -0.396 e. The van der Waals surface area contributed by atoms with Crippen LogP contribution in [-0.2, 0) is 0 Å². The average molecular weight is 231 g/mol. The molecule has 0 saturated carbocycles. The molecular weight excluding hydrogens is 220 g/mol. The molecule has 0 saturated heterocycles. The van der Waals surface area contributed by atoms with Crippen molar-refractivity contribution in [3.8, 4) is 0 Å². The van der Waals surface area contributed by atoms with Crippen LogP contribution < -0.4 is 5.73 Å². The van der Waals surface area contributed by atoms with E-state index in [2.05, 4.69) is 0 Å². The number of hydrogen-bond acceptors (Lipinski definition) is 3. The minimum absolute atomic E-state index is 0.00654. The van der Waals surface area contributed by atoms with E-state index in [1.165, 1.54) is 11.8 Å². The summed E-state index contributed by atoms with van der Waals surface area (Å²) < 4.78 is 0. The molecule has 0 radical (unpaired) electrons. The van der Waals surface area contributed by atoms with Crippen LogP contribution >= 0.6 is 23.4 Å². The molecule has 1 aromatic rings. The van der Waals surface area contributed by atoms with Crippen LogP contribution in [0.3, 0.4) is 0 Å². The van der Waals surface area contributed by atoms with E-state index in [0.29, 0.717) is 16.3 Å².